The first-order valence-electron chi connectivity index (χ1n) is 7.33. The molecular formula is C15H31NO. The molecule has 1 fully saturated rings. The Kier molecular flexibility index (Phi) is 6.50. The van der Waals surface area contributed by atoms with Crippen LogP contribution in [0.3, 0.4) is 0 Å². The topological polar surface area (TPSA) is 21.3 Å². The second-order valence-electron chi connectivity index (χ2n) is 6.21. The van der Waals surface area contributed by atoms with Crippen molar-refractivity contribution in [3.8, 4) is 0 Å². The lowest BCUT2D eigenvalue weighted by Gasteiger charge is -2.28. The molecule has 0 aromatic rings. The first-order chi connectivity index (χ1) is 8.07. The van der Waals surface area contributed by atoms with Crippen LogP contribution in [0.25, 0.3) is 0 Å². The molecule has 1 aliphatic carbocycles. The van der Waals surface area contributed by atoms with E-state index in [0.717, 1.165) is 24.8 Å². The molecule has 0 aromatic carbocycles. The van der Waals surface area contributed by atoms with Gasteiger partial charge in [-0.15, -0.1) is 0 Å². The van der Waals surface area contributed by atoms with Crippen molar-refractivity contribution >= 4 is 0 Å². The van der Waals surface area contributed by atoms with Gasteiger partial charge >= 0.3 is 0 Å². The molecule has 102 valence electrons. The lowest BCUT2D eigenvalue weighted by atomic mass is 9.81. The maximum atomic E-state index is 5.42. The van der Waals surface area contributed by atoms with Crippen molar-refractivity contribution < 1.29 is 4.74 Å². The molecule has 17 heavy (non-hydrogen) atoms. The zero-order valence-corrected chi connectivity index (χ0v) is 12.2. The van der Waals surface area contributed by atoms with Gasteiger partial charge in [0.25, 0.3) is 0 Å². The third kappa shape index (κ3) is 5.87. The van der Waals surface area contributed by atoms with Crippen molar-refractivity contribution in [3.05, 3.63) is 0 Å². The van der Waals surface area contributed by atoms with E-state index in [1.54, 1.807) is 7.11 Å². The van der Waals surface area contributed by atoms with Gasteiger partial charge in [-0.05, 0) is 58.0 Å². The number of hydrogen-bond donors (Lipinski definition) is 1. The molecule has 0 spiro atoms. The Morgan fingerprint density at radius 2 is 1.71 bits per heavy atom. The Bertz CT molecular complexity index is 195. The minimum Gasteiger partial charge on any atom is -0.379 e. The van der Waals surface area contributed by atoms with Crippen LogP contribution >= 0.6 is 0 Å². The zero-order valence-electron chi connectivity index (χ0n) is 12.2. The van der Waals surface area contributed by atoms with Crippen molar-refractivity contribution in [2.45, 2.75) is 64.9 Å². The molecule has 2 nitrogen and oxygen atoms in total. The second kappa shape index (κ2) is 7.38. The standard InChI is InChI=1S/C15H31NO/c1-5-13-6-8-14(9-7-13)12-16-11-10-15(2,3)17-4/h13-14,16H,5-12H2,1-4H3. The number of hydrogen-bond acceptors (Lipinski definition) is 2. The first kappa shape index (κ1) is 15.0. The largest absolute Gasteiger partial charge is 0.379 e. The lowest BCUT2D eigenvalue weighted by Crippen LogP contribution is -2.32. The van der Waals surface area contributed by atoms with Gasteiger partial charge in [0, 0.05) is 7.11 Å². The first-order valence-corrected chi connectivity index (χ1v) is 7.33. The van der Waals surface area contributed by atoms with E-state index in [1.165, 1.54) is 38.6 Å². The SMILES string of the molecule is CCC1CCC(CNCCC(C)(C)OC)CC1. The van der Waals surface area contributed by atoms with Crippen LogP contribution in [0.15, 0.2) is 0 Å². The minimum atomic E-state index is 0.0207. The van der Waals surface area contributed by atoms with Crippen LogP contribution < -0.4 is 5.32 Å². The van der Waals surface area contributed by atoms with Crippen LogP contribution in [-0.4, -0.2) is 25.8 Å². The van der Waals surface area contributed by atoms with Gasteiger partial charge in [-0.2, -0.15) is 0 Å². The molecule has 1 N–H and O–H groups in total. The van der Waals surface area contributed by atoms with Gasteiger partial charge in [0.15, 0.2) is 0 Å². The zero-order chi connectivity index (χ0) is 12.7. The maximum Gasteiger partial charge on any atom is 0.0634 e. The summed E-state index contributed by atoms with van der Waals surface area (Å²) >= 11 is 0. The predicted octanol–water partition coefficient (Wildman–Crippen LogP) is 3.61. The van der Waals surface area contributed by atoms with E-state index in [2.05, 4.69) is 26.1 Å². The van der Waals surface area contributed by atoms with Crippen LogP contribution in [0.2, 0.25) is 0 Å². The maximum absolute atomic E-state index is 5.42. The number of nitrogens with one attached hydrogen (secondary N) is 1. The van der Waals surface area contributed by atoms with Crippen molar-refractivity contribution in [2.24, 2.45) is 11.8 Å². The molecule has 0 aromatic heterocycles. The lowest BCUT2D eigenvalue weighted by molar-refractivity contribution is 0.0156. The van der Waals surface area contributed by atoms with Crippen molar-refractivity contribution in [1.29, 1.82) is 0 Å². The van der Waals surface area contributed by atoms with Gasteiger partial charge in [0.2, 0.25) is 0 Å². The summed E-state index contributed by atoms with van der Waals surface area (Å²) in [6, 6.07) is 0. The number of methoxy groups -OCH3 is 1. The van der Waals surface area contributed by atoms with E-state index < -0.39 is 0 Å². The Morgan fingerprint density at radius 3 is 2.24 bits per heavy atom. The third-order valence-electron chi connectivity index (χ3n) is 4.43. The van der Waals surface area contributed by atoms with Gasteiger partial charge in [-0.3, -0.25) is 0 Å². The summed E-state index contributed by atoms with van der Waals surface area (Å²) in [6.07, 6.45) is 8.23. The van der Waals surface area contributed by atoms with Gasteiger partial charge in [-0.1, -0.05) is 26.2 Å². The average molecular weight is 241 g/mol. The summed E-state index contributed by atoms with van der Waals surface area (Å²) < 4.78 is 5.42. The van der Waals surface area contributed by atoms with E-state index in [0.29, 0.717) is 0 Å². The molecule has 2 heteroatoms. The van der Waals surface area contributed by atoms with Crippen LogP contribution in [-0.2, 0) is 4.74 Å². The molecule has 0 aliphatic heterocycles. The highest BCUT2D eigenvalue weighted by molar-refractivity contribution is 4.74. The summed E-state index contributed by atoms with van der Waals surface area (Å²) in [5, 5.41) is 3.60. The van der Waals surface area contributed by atoms with E-state index >= 15 is 0 Å². The van der Waals surface area contributed by atoms with Crippen LogP contribution in [0.1, 0.15) is 59.3 Å². The smallest absolute Gasteiger partial charge is 0.0634 e. The molecule has 1 saturated carbocycles. The minimum absolute atomic E-state index is 0.0207. The highest BCUT2D eigenvalue weighted by Gasteiger charge is 2.20. The summed E-state index contributed by atoms with van der Waals surface area (Å²) in [5.41, 5.74) is 0.0207. The molecule has 0 amide bonds. The molecule has 0 saturated heterocycles. The summed E-state index contributed by atoms with van der Waals surface area (Å²) in [7, 11) is 1.80. The van der Waals surface area contributed by atoms with Crippen molar-refractivity contribution in [3.63, 3.8) is 0 Å². The molecule has 1 aliphatic rings. The van der Waals surface area contributed by atoms with Crippen molar-refractivity contribution in [1.82, 2.24) is 5.32 Å². The summed E-state index contributed by atoms with van der Waals surface area (Å²) in [6.45, 7) is 8.92. The predicted molar refractivity (Wildman–Crippen MR) is 74.3 cm³/mol. The fraction of sp³-hybridized carbons (Fsp3) is 1.00. The summed E-state index contributed by atoms with van der Waals surface area (Å²) in [4.78, 5) is 0. The average Bonchev–Trinajstić information content (AvgIpc) is 2.35. The monoisotopic (exact) mass is 241 g/mol. The van der Waals surface area contributed by atoms with Gasteiger partial charge < -0.3 is 10.1 Å². The van der Waals surface area contributed by atoms with Gasteiger partial charge in [0.1, 0.15) is 0 Å². The molecule has 0 radical (unpaired) electrons. The molecule has 1 rings (SSSR count). The van der Waals surface area contributed by atoms with E-state index in [-0.39, 0.29) is 5.60 Å². The fourth-order valence-corrected chi connectivity index (χ4v) is 2.64. The molecule has 0 heterocycles. The third-order valence-corrected chi connectivity index (χ3v) is 4.43. The second-order valence-corrected chi connectivity index (χ2v) is 6.21. The highest BCUT2D eigenvalue weighted by Crippen LogP contribution is 2.30. The Balaban J connectivity index is 2.04. The van der Waals surface area contributed by atoms with E-state index in [9.17, 15) is 0 Å². The van der Waals surface area contributed by atoms with Gasteiger partial charge in [-0.25, -0.2) is 0 Å². The molecule has 0 unspecified atom stereocenters. The van der Waals surface area contributed by atoms with Crippen molar-refractivity contribution in [2.75, 3.05) is 20.2 Å². The van der Waals surface area contributed by atoms with Crippen LogP contribution in [0.5, 0.6) is 0 Å². The molecule has 0 bridgehead atoms. The summed E-state index contributed by atoms with van der Waals surface area (Å²) in [5.74, 6) is 1.93. The molecular weight excluding hydrogens is 210 g/mol. The highest BCUT2D eigenvalue weighted by atomic mass is 16.5. The van der Waals surface area contributed by atoms with Gasteiger partial charge in [0.05, 0.1) is 5.60 Å². The Hall–Kier alpha value is -0.0800. The Labute approximate surface area is 108 Å². The molecule has 0 atom stereocenters. The fourth-order valence-electron chi connectivity index (χ4n) is 2.64. The number of rotatable bonds is 7. The van der Waals surface area contributed by atoms with E-state index in [4.69, 9.17) is 4.74 Å². The number of ether oxygens (including phenoxy) is 1. The Morgan fingerprint density at radius 1 is 1.12 bits per heavy atom. The van der Waals surface area contributed by atoms with Crippen LogP contribution in [0.4, 0.5) is 0 Å². The normalized spacial score (nSPS) is 26.1. The van der Waals surface area contributed by atoms with Crippen LogP contribution in [0, 0.1) is 11.8 Å². The quantitative estimate of drug-likeness (QED) is 0.688. The van der Waals surface area contributed by atoms with E-state index in [1.807, 2.05) is 0 Å².